The van der Waals surface area contributed by atoms with Crippen molar-refractivity contribution in [1.82, 2.24) is 10.6 Å². The van der Waals surface area contributed by atoms with Gasteiger partial charge in [0, 0.05) is 11.3 Å². The van der Waals surface area contributed by atoms with Crippen LogP contribution in [0, 0.1) is 0 Å². The molecule has 0 spiro atoms. The molecule has 0 saturated carbocycles. The number of hydrogen-bond acceptors (Lipinski definition) is 4. The smallest absolute Gasteiger partial charge is 0.222 e. The van der Waals surface area contributed by atoms with Gasteiger partial charge >= 0.3 is 0 Å². The number of ether oxygens (including phenoxy) is 1. The summed E-state index contributed by atoms with van der Waals surface area (Å²) in [6.45, 7) is 4.66. The molecule has 4 nitrogen and oxygen atoms in total. The molecule has 1 aliphatic rings. The number of thiophene rings is 1. The zero-order chi connectivity index (χ0) is 14.2. The normalized spacial score (nSPS) is 17.9. The minimum atomic E-state index is 0.0826. The van der Waals surface area contributed by atoms with Gasteiger partial charge in [0.05, 0.1) is 18.8 Å². The Kier molecular flexibility index (Phi) is 6.50. The average molecular weight is 296 g/mol. The highest BCUT2D eigenvalue weighted by Crippen LogP contribution is 2.21. The van der Waals surface area contributed by atoms with Crippen LogP contribution in [0.25, 0.3) is 0 Å². The highest BCUT2D eigenvalue weighted by Gasteiger charge is 2.16. The molecule has 2 heterocycles. The van der Waals surface area contributed by atoms with Gasteiger partial charge in [-0.25, -0.2) is 0 Å². The van der Waals surface area contributed by atoms with Gasteiger partial charge in [-0.2, -0.15) is 0 Å². The minimum absolute atomic E-state index is 0.0826. The van der Waals surface area contributed by atoms with Crippen molar-refractivity contribution in [1.29, 1.82) is 0 Å². The van der Waals surface area contributed by atoms with Crippen molar-refractivity contribution in [3.05, 3.63) is 22.4 Å². The van der Waals surface area contributed by atoms with Gasteiger partial charge in [-0.1, -0.05) is 13.0 Å². The summed E-state index contributed by atoms with van der Waals surface area (Å²) >= 11 is 1.69. The van der Waals surface area contributed by atoms with Crippen LogP contribution in [0.1, 0.15) is 43.5 Å². The van der Waals surface area contributed by atoms with Crippen molar-refractivity contribution in [2.75, 3.05) is 19.7 Å². The van der Waals surface area contributed by atoms with Crippen LogP contribution < -0.4 is 10.6 Å². The highest BCUT2D eigenvalue weighted by atomic mass is 32.1. The van der Waals surface area contributed by atoms with E-state index in [0.717, 1.165) is 32.4 Å². The summed E-state index contributed by atoms with van der Waals surface area (Å²) in [6, 6.07) is 4.24. The first-order valence-electron chi connectivity index (χ1n) is 7.44. The van der Waals surface area contributed by atoms with E-state index in [-0.39, 0.29) is 11.9 Å². The summed E-state index contributed by atoms with van der Waals surface area (Å²) in [5, 5.41) is 8.44. The van der Waals surface area contributed by atoms with E-state index in [0.29, 0.717) is 19.1 Å². The number of rotatable bonds is 7. The molecule has 1 saturated heterocycles. The fraction of sp³-hybridized carbons (Fsp3) is 0.667. The molecular formula is C15H24N2O2S. The monoisotopic (exact) mass is 296 g/mol. The molecule has 0 aromatic carbocycles. The Morgan fingerprint density at radius 1 is 1.55 bits per heavy atom. The number of amides is 1. The quantitative estimate of drug-likeness (QED) is 0.813. The molecule has 1 atom stereocenters. The third-order valence-corrected chi connectivity index (χ3v) is 4.58. The maximum absolute atomic E-state index is 12.0. The van der Waals surface area contributed by atoms with Crippen LogP contribution in [0.15, 0.2) is 17.5 Å². The van der Waals surface area contributed by atoms with E-state index >= 15 is 0 Å². The van der Waals surface area contributed by atoms with Gasteiger partial charge in [0.15, 0.2) is 0 Å². The molecule has 2 N–H and O–H groups in total. The van der Waals surface area contributed by atoms with Gasteiger partial charge in [-0.15, -0.1) is 11.3 Å². The summed E-state index contributed by atoms with van der Waals surface area (Å²) in [6.07, 6.45) is 3.79. The molecule has 20 heavy (non-hydrogen) atoms. The minimum Gasteiger partial charge on any atom is -0.378 e. The zero-order valence-corrected chi connectivity index (χ0v) is 12.9. The molecule has 1 aliphatic heterocycles. The van der Waals surface area contributed by atoms with E-state index in [1.165, 1.54) is 4.88 Å². The lowest BCUT2D eigenvalue weighted by Crippen LogP contribution is -2.33. The van der Waals surface area contributed by atoms with Gasteiger partial charge in [-0.3, -0.25) is 4.79 Å². The van der Waals surface area contributed by atoms with E-state index in [9.17, 15) is 4.79 Å². The lowest BCUT2D eigenvalue weighted by Gasteiger charge is -2.23. The largest absolute Gasteiger partial charge is 0.378 e. The first kappa shape index (κ1) is 15.5. The third-order valence-electron chi connectivity index (χ3n) is 3.60. The van der Waals surface area contributed by atoms with Crippen LogP contribution in [-0.4, -0.2) is 31.7 Å². The molecule has 0 bridgehead atoms. The summed E-state index contributed by atoms with van der Waals surface area (Å²) in [5.74, 6) is 0.0826. The molecule has 1 unspecified atom stereocenters. The van der Waals surface area contributed by atoms with Crippen molar-refractivity contribution in [3.63, 3.8) is 0 Å². The fourth-order valence-electron chi connectivity index (χ4n) is 2.41. The van der Waals surface area contributed by atoms with Crippen LogP contribution in [0.5, 0.6) is 0 Å². The van der Waals surface area contributed by atoms with Crippen LogP contribution in [0.3, 0.4) is 0 Å². The van der Waals surface area contributed by atoms with E-state index < -0.39 is 0 Å². The summed E-state index contributed by atoms with van der Waals surface area (Å²) in [7, 11) is 0. The van der Waals surface area contributed by atoms with Gasteiger partial charge in [0.25, 0.3) is 0 Å². The van der Waals surface area contributed by atoms with E-state index in [2.05, 4.69) is 23.6 Å². The molecule has 1 aromatic heterocycles. The first-order valence-corrected chi connectivity index (χ1v) is 8.32. The van der Waals surface area contributed by atoms with Crippen molar-refractivity contribution >= 4 is 17.2 Å². The van der Waals surface area contributed by atoms with E-state index in [4.69, 9.17) is 4.74 Å². The second-order valence-electron chi connectivity index (χ2n) is 5.11. The average Bonchev–Trinajstić information content (AvgIpc) is 3.00. The zero-order valence-electron chi connectivity index (χ0n) is 12.1. The predicted octanol–water partition coefficient (Wildman–Crippen LogP) is 2.47. The molecule has 1 amide bonds. The molecule has 1 fully saturated rings. The Balaban J connectivity index is 1.66. The standard InChI is InChI=1S/C15H24N2O2S/c1-2-13(14-4-3-11-20-14)17-15(18)7-10-19-12-5-8-16-9-6-12/h3-4,11-13,16H,2,5-10H2,1H3,(H,17,18). The summed E-state index contributed by atoms with van der Waals surface area (Å²) in [5.41, 5.74) is 0. The Morgan fingerprint density at radius 3 is 3.00 bits per heavy atom. The number of carbonyl (C=O) groups excluding carboxylic acids is 1. The lowest BCUT2D eigenvalue weighted by atomic mass is 10.1. The Bertz CT molecular complexity index is 389. The molecule has 5 heteroatoms. The lowest BCUT2D eigenvalue weighted by molar-refractivity contribution is -0.123. The van der Waals surface area contributed by atoms with Crippen molar-refractivity contribution in [3.8, 4) is 0 Å². The Labute approximate surface area is 124 Å². The predicted molar refractivity (Wildman–Crippen MR) is 82.0 cm³/mol. The van der Waals surface area contributed by atoms with Crippen LogP contribution in [-0.2, 0) is 9.53 Å². The number of carbonyl (C=O) groups is 1. The second-order valence-corrected chi connectivity index (χ2v) is 6.09. The Morgan fingerprint density at radius 2 is 2.35 bits per heavy atom. The third kappa shape index (κ3) is 4.89. The molecule has 2 rings (SSSR count). The summed E-state index contributed by atoms with van der Waals surface area (Å²) < 4.78 is 5.76. The van der Waals surface area contributed by atoms with Crippen molar-refractivity contribution in [2.24, 2.45) is 0 Å². The molecule has 112 valence electrons. The molecular weight excluding hydrogens is 272 g/mol. The highest BCUT2D eigenvalue weighted by molar-refractivity contribution is 7.10. The van der Waals surface area contributed by atoms with Crippen LogP contribution in [0.4, 0.5) is 0 Å². The SMILES string of the molecule is CCC(NC(=O)CCOC1CCNCC1)c1cccs1. The number of nitrogens with one attached hydrogen (secondary N) is 2. The maximum Gasteiger partial charge on any atom is 0.222 e. The van der Waals surface area contributed by atoms with Crippen LogP contribution >= 0.6 is 11.3 Å². The Hall–Kier alpha value is -0.910. The van der Waals surface area contributed by atoms with Gasteiger partial charge in [-0.05, 0) is 43.8 Å². The van der Waals surface area contributed by atoms with Crippen molar-refractivity contribution in [2.45, 2.75) is 44.8 Å². The number of piperidine rings is 1. The van der Waals surface area contributed by atoms with Crippen molar-refractivity contribution < 1.29 is 9.53 Å². The van der Waals surface area contributed by atoms with Gasteiger partial charge in [0.2, 0.25) is 5.91 Å². The fourth-order valence-corrected chi connectivity index (χ4v) is 3.27. The molecule has 1 aromatic rings. The molecule has 0 aliphatic carbocycles. The first-order chi connectivity index (χ1) is 9.79. The van der Waals surface area contributed by atoms with E-state index in [1.54, 1.807) is 11.3 Å². The molecule has 0 radical (unpaired) electrons. The number of hydrogen-bond donors (Lipinski definition) is 2. The maximum atomic E-state index is 12.0. The van der Waals surface area contributed by atoms with Gasteiger partial charge < -0.3 is 15.4 Å². The topological polar surface area (TPSA) is 50.4 Å². The van der Waals surface area contributed by atoms with Gasteiger partial charge in [0.1, 0.15) is 0 Å². The van der Waals surface area contributed by atoms with Crippen LogP contribution in [0.2, 0.25) is 0 Å². The van der Waals surface area contributed by atoms with E-state index in [1.807, 2.05) is 11.4 Å². The second kappa shape index (κ2) is 8.39. The summed E-state index contributed by atoms with van der Waals surface area (Å²) in [4.78, 5) is 13.2.